The minimum absolute atomic E-state index is 0.0191. The van der Waals surface area contributed by atoms with E-state index in [2.05, 4.69) is 4.98 Å². The minimum atomic E-state index is -3.51. The molecule has 0 amide bonds. The van der Waals surface area contributed by atoms with Crippen molar-refractivity contribution in [2.24, 2.45) is 0 Å². The van der Waals surface area contributed by atoms with Gasteiger partial charge in [0.15, 0.2) is 0 Å². The van der Waals surface area contributed by atoms with Crippen LogP contribution < -0.4 is 0 Å². The molecule has 2 heterocycles. The molecule has 6 heteroatoms. The zero-order valence-corrected chi connectivity index (χ0v) is 11.9. The summed E-state index contributed by atoms with van der Waals surface area (Å²) in [5, 5.41) is 8.69. The summed E-state index contributed by atoms with van der Waals surface area (Å²) in [5.41, 5.74) is 0.223. The quantitative estimate of drug-likeness (QED) is 0.847. The summed E-state index contributed by atoms with van der Waals surface area (Å²) in [6.07, 6.45) is 3.88. The first-order valence-corrected chi connectivity index (χ1v) is 7.84. The van der Waals surface area contributed by atoms with Crippen LogP contribution in [0.3, 0.4) is 0 Å². The topological polar surface area (TPSA) is 74.1 Å². The zero-order valence-electron chi connectivity index (χ0n) is 11.1. The maximum atomic E-state index is 12.6. The molecule has 0 spiro atoms. The number of aromatic nitrogens is 1. The Bertz CT molecular complexity index is 589. The van der Waals surface area contributed by atoms with Gasteiger partial charge in [-0.1, -0.05) is 6.92 Å². The fourth-order valence-corrected chi connectivity index (χ4v) is 4.48. The Kier molecular flexibility index (Phi) is 3.88. The molecule has 1 aromatic rings. The van der Waals surface area contributed by atoms with Crippen molar-refractivity contribution < 1.29 is 8.42 Å². The van der Waals surface area contributed by atoms with Gasteiger partial charge in [-0.05, 0) is 38.3 Å². The highest BCUT2D eigenvalue weighted by molar-refractivity contribution is 7.89. The number of rotatable bonds is 3. The SMILES string of the molecule is CCC1CCC(C)N1S(=O)(=O)c1ccc(C#N)nc1. The van der Waals surface area contributed by atoms with E-state index in [4.69, 9.17) is 5.26 Å². The van der Waals surface area contributed by atoms with Gasteiger partial charge in [0.05, 0.1) is 0 Å². The molecule has 5 nitrogen and oxygen atoms in total. The second-order valence-corrected chi connectivity index (χ2v) is 6.66. The number of hydrogen-bond acceptors (Lipinski definition) is 4. The van der Waals surface area contributed by atoms with E-state index in [1.54, 1.807) is 4.31 Å². The van der Waals surface area contributed by atoms with Gasteiger partial charge in [-0.25, -0.2) is 13.4 Å². The van der Waals surface area contributed by atoms with Crippen LogP contribution in [0.25, 0.3) is 0 Å². The lowest BCUT2D eigenvalue weighted by Gasteiger charge is -2.26. The number of nitrogens with zero attached hydrogens (tertiary/aromatic N) is 3. The highest BCUT2D eigenvalue weighted by atomic mass is 32.2. The Balaban J connectivity index is 2.38. The largest absolute Gasteiger partial charge is 0.245 e. The Morgan fingerprint density at radius 2 is 2.21 bits per heavy atom. The van der Waals surface area contributed by atoms with Crippen LogP contribution in [0, 0.1) is 11.3 Å². The van der Waals surface area contributed by atoms with Gasteiger partial charge < -0.3 is 0 Å². The van der Waals surface area contributed by atoms with Crippen LogP contribution in [-0.4, -0.2) is 29.8 Å². The highest BCUT2D eigenvalue weighted by Crippen LogP contribution is 2.32. The van der Waals surface area contributed by atoms with Crippen molar-refractivity contribution in [1.29, 1.82) is 5.26 Å². The number of pyridine rings is 1. The summed E-state index contributed by atoms with van der Waals surface area (Å²) in [6, 6.07) is 4.86. The molecule has 19 heavy (non-hydrogen) atoms. The van der Waals surface area contributed by atoms with E-state index in [1.165, 1.54) is 18.3 Å². The fraction of sp³-hybridized carbons (Fsp3) is 0.538. The lowest BCUT2D eigenvalue weighted by atomic mass is 10.2. The number of sulfonamides is 1. The van der Waals surface area contributed by atoms with Crippen molar-refractivity contribution >= 4 is 10.0 Å². The molecule has 2 unspecified atom stereocenters. The summed E-state index contributed by atoms with van der Waals surface area (Å²) in [6.45, 7) is 3.94. The van der Waals surface area contributed by atoms with Crippen LogP contribution in [0.1, 0.15) is 38.8 Å². The molecule has 0 N–H and O–H groups in total. The Hall–Kier alpha value is -1.45. The third kappa shape index (κ3) is 2.48. The van der Waals surface area contributed by atoms with Gasteiger partial charge in [-0.15, -0.1) is 0 Å². The number of nitriles is 1. The van der Waals surface area contributed by atoms with Crippen molar-refractivity contribution in [3.63, 3.8) is 0 Å². The van der Waals surface area contributed by atoms with Crippen LogP contribution in [0.4, 0.5) is 0 Å². The summed E-state index contributed by atoms with van der Waals surface area (Å²) in [5.74, 6) is 0. The van der Waals surface area contributed by atoms with Gasteiger partial charge in [0, 0.05) is 18.3 Å². The molecule has 1 aromatic heterocycles. The van der Waals surface area contributed by atoms with E-state index >= 15 is 0 Å². The molecular weight excluding hydrogens is 262 g/mol. The molecule has 0 aromatic carbocycles. The van der Waals surface area contributed by atoms with E-state index in [0.29, 0.717) is 0 Å². The molecule has 1 fully saturated rings. The van der Waals surface area contributed by atoms with E-state index < -0.39 is 10.0 Å². The summed E-state index contributed by atoms with van der Waals surface area (Å²) in [4.78, 5) is 4.01. The zero-order chi connectivity index (χ0) is 14.0. The standard InChI is InChI=1S/C13H17N3O2S/c1-3-12-6-4-10(2)16(12)19(17,18)13-7-5-11(8-14)15-9-13/h5,7,9-10,12H,3-4,6H2,1-2H3. The number of hydrogen-bond donors (Lipinski definition) is 0. The normalized spacial score (nSPS) is 24.3. The lowest BCUT2D eigenvalue weighted by molar-refractivity contribution is 0.328. The van der Waals surface area contributed by atoms with E-state index in [-0.39, 0.29) is 22.7 Å². The van der Waals surface area contributed by atoms with Crippen molar-refractivity contribution in [3.8, 4) is 6.07 Å². The van der Waals surface area contributed by atoms with Gasteiger partial charge in [-0.3, -0.25) is 0 Å². The van der Waals surface area contributed by atoms with Gasteiger partial charge in [0.25, 0.3) is 0 Å². The molecule has 102 valence electrons. The third-order valence-corrected chi connectivity index (χ3v) is 5.66. The third-order valence-electron chi connectivity index (χ3n) is 3.61. The molecule has 1 saturated heterocycles. The average Bonchev–Trinajstić information content (AvgIpc) is 2.80. The predicted molar refractivity (Wildman–Crippen MR) is 70.8 cm³/mol. The first kappa shape index (κ1) is 14.0. The van der Waals surface area contributed by atoms with Gasteiger partial charge >= 0.3 is 0 Å². The van der Waals surface area contributed by atoms with E-state index in [1.807, 2.05) is 19.9 Å². The van der Waals surface area contributed by atoms with Crippen LogP contribution >= 0.6 is 0 Å². The maximum absolute atomic E-state index is 12.6. The second kappa shape index (κ2) is 5.27. The van der Waals surface area contributed by atoms with Gasteiger partial charge in [0.2, 0.25) is 10.0 Å². The van der Waals surface area contributed by atoms with E-state index in [0.717, 1.165) is 19.3 Å². The van der Waals surface area contributed by atoms with Gasteiger partial charge in [0.1, 0.15) is 16.7 Å². The van der Waals surface area contributed by atoms with Crippen LogP contribution in [0.5, 0.6) is 0 Å². The van der Waals surface area contributed by atoms with Crippen LogP contribution in [-0.2, 0) is 10.0 Å². The molecule has 2 rings (SSSR count). The predicted octanol–water partition coefficient (Wildman–Crippen LogP) is 1.90. The molecule has 1 aliphatic heterocycles. The summed E-state index contributed by atoms with van der Waals surface area (Å²) in [7, 11) is -3.51. The Labute approximate surface area is 113 Å². The molecule has 0 aliphatic carbocycles. The lowest BCUT2D eigenvalue weighted by Crippen LogP contribution is -2.39. The smallest absolute Gasteiger partial charge is 0.244 e. The molecular formula is C13H17N3O2S. The van der Waals surface area contributed by atoms with Crippen molar-refractivity contribution in [2.45, 2.75) is 50.1 Å². The van der Waals surface area contributed by atoms with Crippen molar-refractivity contribution in [1.82, 2.24) is 9.29 Å². The molecule has 1 aliphatic rings. The molecule has 2 atom stereocenters. The first-order valence-electron chi connectivity index (χ1n) is 6.40. The fourth-order valence-electron chi connectivity index (χ4n) is 2.59. The monoisotopic (exact) mass is 279 g/mol. The molecule has 0 saturated carbocycles. The van der Waals surface area contributed by atoms with E-state index in [9.17, 15) is 8.42 Å². The minimum Gasteiger partial charge on any atom is -0.244 e. The van der Waals surface area contributed by atoms with Crippen molar-refractivity contribution in [3.05, 3.63) is 24.0 Å². The summed E-state index contributed by atoms with van der Waals surface area (Å²) >= 11 is 0. The molecule has 0 radical (unpaired) electrons. The Morgan fingerprint density at radius 1 is 1.47 bits per heavy atom. The Morgan fingerprint density at radius 3 is 2.74 bits per heavy atom. The van der Waals surface area contributed by atoms with Crippen LogP contribution in [0.15, 0.2) is 23.2 Å². The van der Waals surface area contributed by atoms with Crippen molar-refractivity contribution in [2.75, 3.05) is 0 Å². The highest BCUT2D eigenvalue weighted by Gasteiger charge is 2.39. The second-order valence-electron chi connectivity index (χ2n) is 4.81. The first-order chi connectivity index (χ1) is 9.00. The van der Waals surface area contributed by atoms with Crippen LogP contribution in [0.2, 0.25) is 0 Å². The molecule has 0 bridgehead atoms. The summed E-state index contributed by atoms with van der Waals surface area (Å²) < 4.78 is 26.8. The average molecular weight is 279 g/mol. The maximum Gasteiger partial charge on any atom is 0.245 e. The van der Waals surface area contributed by atoms with Gasteiger partial charge in [-0.2, -0.15) is 9.57 Å².